The van der Waals surface area contributed by atoms with Gasteiger partial charge in [0.1, 0.15) is 5.75 Å². The highest BCUT2D eigenvalue weighted by Crippen LogP contribution is 2.48. The predicted octanol–water partition coefficient (Wildman–Crippen LogP) is 6.08. The molecule has 6 nitrogen and oxygen atoms in total. The van der Waals surface area contributed by atoms with E-state index in [0.717, 1.165) is 34.0 Å². The Morgan fingerprint density at radius 3 is 2.60 bits per heavy atom. The number of nitrogens with zero attached hydrogens (tertiary/aromatic N) is 1. The molecule has 2 aromatic rings. The fourth-order valence-corrected chi connectivity index (χ4v) is 6.19. The van der Waals surface area contributed by atoms with Crippen LogP contribution in [0.15, 0.2) is 58.3 Å². The van der Waals surface area contributed by atoms with Crippen LogP contribution >= 0.6 is 23.4 Å². The van der Waals surface area contributed by atoms with E-state index >= 15 is 0 Å². The van der Waals surface area contributed by atoms with Crippen molar-refractivity contribution in [2.75, 3.05) is 13.9 Å². The van der Waals surface area contributed by atoms with Crippen molar-refractivity contribution in [3.63, 3.8) is 0 Å². The van der Waals surface area contributed by atoms with Crippen molar-refractivity contribution in [2.24, 2.45) is 5.41 Å². The second-order valence-corrected chi connectivity index (χ2v) is 11.0. The number of thioether (sulfide) groups is 1. The maximum atomic E-state index is 13.3. The number of nitrogens with one attached hydrogen (secondary N) is 1. The maximum absolute atomic E-state index is 13.3. The van der Waals surface area contributed by atoms with Crippen LogP contribution in [0, 0.1) is 16.7 Å². The average Bonchev–Trinajstić information content (AvgIpc) is 3.28. The number of fused-ring (bicyclic) bond motifs is 1. The highest BCUT2D eigenvalue weighted by molar-refractivity contribution is 8.02. The zero-order valence-corrected chi connectivity index (χ0v) is 21.3. The van der Waals surface area contributed by atoms with Crippen molar-refractivity contribution in [2.45, 2.75) is 38.4 Å². The summed E-state index contributed by atoms with van der Waals surface area (Å²) >= 11 is 8.00. The Morgan fingerprint density at radius 2 is 1.91 bits per heavy atom. The monoisotopic (exact) mass is 508 g/mol. The van der Waals surface area contributed by atoms with Crippen molar-refractivity contribution >= 4 is 29.1 Å². The van der Waals surface area contributed by atoms with Gasteiger partial charge < -0.3 is 19.5 Å². The van der Waals surface area contributed by atoms with Crippen molar-refractivity contribution in [1.29, 1.82) is 5.26 Å². The van der Waals surface area contributed by atoms with E-state index in [9.17, 15) is 10.1 Å². The molecular weight excluding hydrogens is 484 g/mol. The lowest BCUT2D eigenvalue weighted by atomic mass is 9.69. The largest absolute Gasteiger partial charge is 0.497 e. The highest BCUT2D eigenvalue weighted by Gasteiger charge is 2.42. The molecule has 0 spiro atoms. The minimum absolute atomic E-state index is 0.0835. The lowest BCUT2D eigenvalue weighted by Gasteiger charge is -2.39. The van der Waals surface area contributed by atoms with Crippen LogP contribution in [-0.4, -0.2) is 19.7 Å². The first-order valence-electron chi connectivity index (χ1n) is 11.3. The summed E-state index contributed by atoms with van der Waals surface area (Å²) in [6.07, 6.45) is 1.18. The highest BCUT2D eigenvalue weighted by atomic mass is 35.5. The molecule has 2 aromatic carbocycles. The first kappa shape index (κ1) is 23.7. The maximum Gasteiger partial charge on any atom is 0.231 e. The van der Waals surface area contributed by atoms with E-state index in [1.54, 1.807) is 13.2 Å². The number of ether oxygens (including phenoxy) is 3. The summed E-state index contributed by atoms with van der Waals surface area (Å²) in [6.45, 7) is 4.38. The van der Waals surface area contributed by atoms with Gasteiger partial charge >= 0.3 is 0 Å². The van der Waals surface area contributed by atoms with Crippen LogP contribution in [0.1, 0.15) is 43.7 Å². The summed E-state index contributed by atoms with van der Waals surface area (Å²) < 4.78 is 16.2. The minimum Gasteiger partial charge on any atom is -0.497 e. The molecule has 0 saturated heterocycles. The number of allylic oxidation sites excluding steroid dienone is 3. The number of Topliss-reactive ketones (excluding diaryl/α,β-unsaturated/α-hetero) is 1. The summed E-state index contributed by atoms with van der Waals surface area (Å²) in [6, 6.07) is 13.6. The van der Waals surface area contributed by atoms with Gasteiger partial charge in [-0.25, -0.2) is 0 Å². The molecular formula is C27H25ClN2O4S. The fourth-order valence-electron chi connectivity index (χ4n) is 4.84. The van der Waals surface area contributed by atoms with Gasteiger partial charge in [0.2, 0.25) is 6.79 Å². The van der Waals surface area contributed by atoms with Gasteiger partial charge in [-0.1, -0.05) is 37.6 Å². The number of carbonyl (C=O) groups excluding carboxylic acids is 1. The Kier molecular flexibility index (Phi) is 6.20. The van der Waals surface area contributed by atoms with E-state index in [1.165, 1.54) is 11.8 Å². The van der Waals surface area contributed by atoms with Crippen LogP contribution < -0.4 is 19.5 Å². The Hall–Kier alpha value is -3.08. The van der Waals surface area contributed by atoms with Crippen LogP contribution in [-0.2, 0) is 10.5 Å². The molecule has 0 amide bonds. The Bertz CT molecular complexity index is 1310. The molecule has 2 heterocycles. The lowest BCUT2D eigenvalue weighted by molar-refractivity contribution is -0.118. The van der Waals surface area contributed by atoms with E-state index < -0.39 is 5.92 Å². The van der Waals surface area contributed by atoms with Crippen LogP contribution in [0.3, 0.4) is 0 Å². The Balaban J connectivity index is 1.53. The van der Waals surface area contributed by atoms with Crippen LogP contribution in [0.2, 0.25) is 5.02 Å². The van der Waals surface area contributed by atoms with Gasteiger partial charge in [0.15, 0.2) is 17.3 Å². The number of hydrogen-bond donors (Lipinski definition) is 1. The first-order chi connectivity index (χ1) is 16.8. The molecule has 5 rings (SSSR count). The molecule has 1 aliphatic carbocycles. The van der Waals surface area contributed by atoms with Gasteiger partial charge in [-0.2, -0.15) is 5.26 Å². The number of nitriles is 1. The molecule has 0 aromatic heterocycles. The molecule has 180 valence electrons. The number of rotatable bonds is 5. The topological polar surface area (TPSA) is 80.6 Å². The molecule has 0 fully saturated rings. The van der Waals surface area contributed by atoms with Crippen molar-refractivity contribution in [3.05, 3.63) is 74.4 Å². The van der Waals surface area contributed by atoms with E-state index in [0.29, 0.717) is 39.8 Å². The zero-order valence-electron chi connectivity index (χ0n) is 19.7. The second-order valence-electron chi connectivity index (χ2n) is 9.60. The van der Waals surface area contributed by atoms with Crippen LogP contribution in [0.4, 0.5) is 0 Å². The van der Waals surface area contributed by atoms with Gasteiger partial charge in [-0.15, -0.1) is 11.8 Å². The molecule has 1 atom stereocenters. The molecule has 0 unspecified atom stereocenters. The van der Waals surface area contributed by atoms with E-state index in [1.807, 2.05) is 30.3 Å². The third-order valence-corrected chi connectivity index (χ3v) is 7.91. The van der Waals surface area contributed by atoms with Gasteiger partial charge in [0.25, 0.3) is 0 Å². The smallest absolute Gasteiger partial charge is 0.231 e. The quantitative estimate of drug-likeness (QED) is 0.524. The third kappa shape index (κ3) is 4.49. The summed E-state index contributed by atoms with van der Waals surface area (Å²) in [5.41, 5.74) is 3.73. The fraction of sp³-hybridized carbons (Fsp3) is 0.333. The molecule has 0 radical (unpaired) electrons. The molecule has 1 N–H and O–H groups in total. The molecule has 0 saturated carbocycles. The number of benzene rings is 2. The zero-order chi connectivity index (χ0) is 24.7. The Labute approximate surface area is 213 Å². The number of halogens is 1. The van der Waals surface area contributed by atoms with Crippen LogP contribution in [0.25, 0.3) is 0 Å². The summed E-state index contributed by atoms with van der Waals surface area (Å²) in [4.78, 5) is 13.3. The predicted molar refractivity (Wildman–Crippen MR) is 135 cm³/mol. The average molecular weight is 509 g/mol. The van der Waals surface area contributed by atoms with Crippen molar-refractivity contribution in [1.82, 2.24) is 5.32 Å². The molecule has 3 aliphatic rings. The number of ketones is 1. The normalized spacial score (nSPS) is 20.3. The van der Waals surface area contributed by atoms with E-state index in [4.69, 9.17) is 25.8 Å². The van der Waals surface area contributed by atoms with E-state index in [2.05, 4.69) is 25.2 Å². The molecule has 35 heavy (non-hydrogen) atoms. The van der Waals surface area contributed by atoms with Gasteiger partial charge in [-0.3, -0.25) is 4.79 Å². The van der Waals surface area contributed by atoms with Gasteiger partial charge in [0.05, 0.1) is 29.7 Å². The summed E-state index contributed by atoms with van der Waals surface area (Å²) in [5, 5.41) is 15.1. The minimum atomic E-state index is -0.430. The standard InChI is InChI=1S/C27H25ClN2O4S/c1-27(2)10-20-25(21(31)11-27)24(15-4-6-17(32-3)7-5-15)18(12-29)26(30-20)35-13-16-8-22-23(9-19(16)28)34-14-33-22/h4-9,24,30H,10-11,13-14H2,1-3H3/t24-/m0/s1. The summed E-state index contributed by atoms with van der Waals surface area (Å²) in [7, 11) is 1.61. The van der Waals surface area contributed by atoms with Gasteiger partial charge in [-0.05, 0) is 41.2 Å². The SMILES string of the molecule is COc1ccc([C@H]2C(C#N)=C(SCc3cc4c(cc3Cl)OCO4)NC3=C2C(=O)CC(C)(C)C3)cc1. The molecule has 2 aliphatic heterocycles. The number of dihydropyridines is 1. The number of carbonyl (C=O) groups is 1. The van der Waals surface area contributed by atoms with E-state index in [-0.39, 0.29) is 18.0 Å². The molecule has 8 heteroatoms. The lowest BCUT2D eigenvalue weighted by Crippen LogP contribution is -2.36. The summed E-state index contributed by atoms with van der Waals surface area (Å²) in [5.74, 6) is 2.20. The number of methoxy groups -OCH3 is 1. The van der Waals surface area contributed by atoms with Crippen molar-refractivity contribution < 1.29 is 19.0 Å². The number of hydrogen-bond acceptors (Lipinski definition) is 7. The molecule has 0 bridgehead atoms. The first-order valence-corrected chi connectivity index (χ1v) is 12.7. The third-order valence-electron chi connectivity index (χ3n) is 6.49. The second kappa shape index (κ2) is 9.18. The van der Waals surface area contributed by atoms with Crippen LogP contribution in [0.5, 0.6) is 17.2 Å². The Morgan fingerprint density at radius 1 is 1.20 bits per heavy atom. The van der Waals surface area contributed by atoms with Crippen molar-refractivity contribution in [3.8, 4) is 23.3 Å². The van der Waals surface area contributed by atoms with Gasteiger partial charge in [0, 0.05) is 34.5 Å².